The van der Waals surface area contributed by atoms with Crippen LogP contribution in [0.3, 0.4) is 0 Å². The van der Waals surface area contributed by atoms with E-state index >= 15 is 0 Å². The number of esters is 1. The first kappa shape index (κ1) is 17.8. The van der Waals surface area contributed by atoms with Gasteiger partial charge in [-0.3, -0.25) is 4.79 Å². The summed E-state index contributed by atoms with van der Waals surface area (Å²) in [5.41, 5.74) is -0.166. The van der Waals surface area contributed by atoms with E-state index in [0.717, 1.165) is 6.07 Å². The molecule has 6 heteroatoms. The van der Waals surface area contributed by atoms with Crippen LogP contribution in [0, 0.1) is 0 Å². The normalized spacial score (nSPS) is 18.8. The number of phenolic OH excluding ortho intramolecular Hbond substituents is 2. The molecule has 0 fully saturated rings. The van der Waals surface area contributed by atoms with Gasteiger partial charge in [0.1, 0.15) is 23.2 Å². The first-order valence-corrected chi connectivity index (χ1v) is 7.75. The molecule has 1 atom stereocenters. The number of benzene rings is 1. The maximum atomic E-state index is 12.4. The Bertz CT molecular complexity index is 746. The number of halogens is 1. The minimum atomic E-state index is -0.797. The minimum absolute atomic E-state index is 0.0394. The van der Waals surface area contributed by atoms with Gasteiger partial charge in [-0.2, -0.15) is 0 Å². The Morgan fingerprint density at radius 2 is 1.83 bits per heavy atom. The molecule has 1 heterocycles. The molecule has 24 heavy (non-hydrogen) atoms. The maximum absolute atomic E-state index is 12.4. The Hall–Kier alpha value is -2.53. The van der Waals surface area contributed by atoms with Crippen molar-refractivity contribution >= 4 is 23.4 Å². The fraction of sp³-hybridized carbons (Fsp3) is 0.222. The maximum Gasteiger partial charge on any atom is 0.342 e. The van der Waals surface area contributed by atoms with Crippen LogP contribution in [-0.4, -0.2) is 28.1 Å². The van der Waals surface area contributed by atoms with Crippen LogP contribution in [-0.2, 0) is 16.0 Å². The fourth-order valence-corrected chi connectivity index (χ4v) is 2.46. The largest absolute Gasteiger partial charge is 0.507 e. The molecule has 2 rings (SSSR count). The number of aromatic hydroxyl groups is 2. The van der Waals surface area contributed by atoms with Crippen molar-refractivity contribution in [3.05, 3.63) is 58.7 Å². The zero-order valence-electron chi connectivity index (χ0n) is 13.0. The highest BCUT2D eigenvalue weighted by Gasteiger charge is 2.25. The Morgan fingerprint density at radius 1 is 1.12 bits per heavy atom. The molecule has 2 N–H and O–H groups in total. The van der Waals surface area contributed by atoms with Crippen LogP contribution in [0.25, 0.3) is 0 Å². The second kappa shape index (κ2) is 7.84. The van der Waals surface area contributed by atoms with Crippen molar-refractivity contribution in [3.63, 3.8) is 0 Å². The summed E-state index contributed by atoms with van der Waals surface area (Å²) in [4.78, 5) is 24.4. The number of cyclic esters (lactones) is 1. The number of ether oxygens (including phenoxy) is 1. The van der Waals surface area contributed by atoms with Crippen molar-refractivity contribution < 1.29 is 24.5 Å². The van der Waals surface area contributed by atoms with Gasteiger partial charge in [-0.1, -0.05) is 42.0 Å². The molecule has 0 aromatic heterocycles. The van der Waals surface area contributed by atoms with Crippen molar-refractivity contribution in [2.45, 2.75) is 25.9 Å². The second-order valence-corrected chi connectivity index (χ2v) is 5.73. The quantitative estimate of drug-likeness (QED) is 0.701. The van der Waals surface area contributed by atoms with Gasteiger partial charge in [0.05, 0.1) is 5.02 Å². The third kappa shape index (κ3) is 4.26. The molecule has 0 spiro atoms. The summed E-state index contributed by atoms with van der Waals surface area (Å²) >= 11 is 6.03. The number of phenols is 2. The zero-order valence-corrected chi connectivity index (χ0v) is 13.8. The van der Waals surface area contributed by atoms with Crippen LogP contribution in [0.1, 0.15) is 29.3 Å². The Balaban J connectivity index is 2.53. The van der Waals surface area contributed by atoms with E-state index in [1.54, 1.807) is 31.2 Å². The van der Waals surface area contributed by atoms with E-state index in [1.165, 1.54) is 6.08 Å². The van der Waals surface area contributed by atoms with Gasteiger partial charge < -0.3 is 14.9 Å². The Labute approximate surface area is 144 Å². The molecule has 0 unspecified atom stereocenters. The molecule has 1 aliphatic rings. The summed E-state index contributed by atoms with van der Waals surface area (Å²) in [6.07, 6.45) is 9.74. The summed E-state index contributed by atoms with van der Waals surface area (Å²) in [5.74, 6) is -2.03. The summed E-state index contributed by atoms with van der Waals surface area (Å²) in [6, 6.07) is 0.958. The monoisotopic (exact) mass is 348 g/mol. The number of allylic oxidation sites excluding steroid dienone is 5. The van der Waals surface area contributed by atoms with E-state index in [4.69, 9.17) is 16.3 Å². The molecule has 5 nitrogen and oxygen atoms in total. The number of fused-ring (bicyclic) bond motifs is 1. The molecule has 0 saturated heterocycles. The summed E-state index contributed by atoms with van der Waals surface area (Å²) in [6.45, 7) is 1.71. The molecule has 0 saturated carbocycles. The van der Waals surface area contributed by atoms with Crippen LogP contribution in [0.2, 0.25) is 5.02 Å². The fourth-order valence-electron chi connectivity index (χ4n) is 2.24. The minimum Gasteiger partial charge on any atom is -0.507 e. The van der Waals surface area contributed by atoms with Gasteiger partial charge in [0.15, 0.2) is 5.78 Å². The topological polar surface area (TPSA) is 83.8 Å². The van der Waals surface area contributed by atoms with E-state index < -0.39 is 23.6 Å². The predicted molar refractivity (Wildman–Crippen MR) is 90.4 cm³/mol. The Kier molecular flexibility index (Phi) is 5.82. The van der Waals surface area contributed by atoms with Crippen molar-refractivity contribution in [2.75, 3.05) is 0 Å². The molecule has 1 aliphatic heterocycles. The molecule has 0 radical (unpaired) electrons. The number of carbonyl (C=O) groups is 2. The van der Waals surface area contributed by atoms with E-state index in [-0.39, 0.29) is 28.4 Å². The molecule has 0 amide bonds. The lowest BCUT2D eigenvalue weighted by Crippen LogP contribution is -2.17. The van der Waals surface area contributed by atoms with E-state index in [1.807, 2.05) is 6.08 Å². The summed E-state index contributed by atoms with van der Waals surface area (Å²) in [5, 5.41) is 19.6. The number of ketones is 1. The molecular formula is C18H17ClO5. The average molecular weight is 349 g/mol. The number of hydrogen-bond acceptors (Lipinski definition) is 5. The Morgan fingerprint density at radius 3 is 2.58 bits per heavy atom. The lowest BCUT2D eigenvalue weighted by molar-refractivity contribution is -0.114. The second-order valence-electron chi connectivity index (χ2n) is 5.35. The zero-order chi connectivity index (χ0) is 17.7. The van der Waals surface area contributed by atoms with Gasteiger partial charge >= 0.3 is 5.97 Å². The summed E-state index contributed by atoms with van der Waals surface area (Å²) in [7, 11) is 0. The van der Waals surface area contributed by atoms with Gasteiger partial charge in [-0.15, -0.1) is 0 Å². The van der Waals surface area contributed by atoms with E-state index in [2.05, 4.69) is 0 Å². The molecular weight excluding hydrogens is 332 g/mol. The van der Waals surface area contributed by atoms with Crippen molar-refractivity contribution in [1.82, 2.24) is 0 Å². The first-order chi connectivity index (χ1) is 11.4. The summed E-state index contributed by atoms with van der Waals surface area (Å²) < 4.78 is 5.29. The predicted octanol–water partition coefficient (Wildman–Crippen LogP) is 3.48. The highest BCUT2D eigenvalue weighted by Crippen LogP contribution is 2.37. The van der Waals surface area contributed by atoms with E-state index in [9.17, 15) is 19.8 Å². The van der Waals surface area contributed by atoms with Crippen molar-refractivity contribution in [2.24, 2.45) is 0 Å². The average Bonchev–Trinajstić information content (AvgIpc) is 2.50. The smallest absolute Gasteiger partial charge is 0.342 e. The van der Waals surface area contributed by atoms with Crippen molar-refractivity contribution in [1.29, 1.82) is 0 Å². The standard InChI is InChI=1S/C18H17ClO5/c1-11-7-5-3-2-4-6-8-12(20)9-13-16(18(23)24-11)14(21)10-15(22)17(13)19/h2-6,8,10-11,21-22H,7,9H2,1H3/t11-/m1/s1. The van der Waals surface area contributed by atoms with Gasteiger partial charge in [0.25, 0.3) is 0 Å². The van der Waals surface area contributed by atoms with Crippen LogP contribution < -0.4 is 0 Å². The molecule has 0 bridgehead atoms. The molecule has 126 valence electrons. The number of carbonyl (C=O) groups excluding carboxylic acids is 2. The molecule has 1 aromatic rings. The van der Waals surface area contributed by atoms with Crippen LogP contribution >= 0.6 is 11.6 Å². The number of rotatable bonds is 0. The van der Waals surface area contributed by atoms with Gasteiger partial charge in [0, 0.05) is 24.5 Å². The SMILES string of the molecule is C[C@@H]1CC=CC=CC=CC(=O)Cc2c(Cl)c(O)cc(O)c2C(=O)O1. The van der Waals surface area contributed by atoms with Crippen LogP contribution in [0.4, 0.5) is 0 Å². The van der Waals surface area contributed by atoms with Gasteiger partial charge in [-0.25, -0.2) is 4.79 Å². The highest BCUT2D eigenvalue weighted by molar-refractivity contribution is 6.33. The van der Waals surface area contributed by atoms with Crippen LogP contribution in [0.15, 0.2) is 42.5 Å². The lowest BCUT2D eigenvalue weighted by Gasteiger charge is -2.16. The molecule has 0 aliphatic carbocycles. The lowest BCUT2D eigenvalue weighted by atomic mass is 10.00. The van der Waals surface area contributed by atoms with Gasteiger partial charge in [-0.05, 0) is 13.0 Å². The molecule has 1 aromatic carbocycles. The van der Waals surface area contributed by atoms with E-state index in [0.29, 0.717) is 6.42 Å². The van der Waals surface area contributed by atoms with Crippen molar-refractivity contribution in [3.8, 4) is 11.5 Å². The number of hydrogen-bond donors (Lipinski definition) is 2. The first-order valence-electron chi connectivity index (χ1n) is 7.37. The third-order valence-corrected chi connectivity index (χ3v) is 3.83. The highest BCUT2D eigenvalue weighted by atomic mass is 35.5. The van der Waals surface area contributed by atoms with Crippen LogP contribution in [0.5, 0.6) is 11.5 Å². The third-order valence-electron chi connectivity index (χ3n) is 3.40. The van der Waals surface area contributed by atoms with Gasteiger partial charge in [0.2, 0.25) is 0 Å².